The number of thiazole rings is 1. The Morgan fingerprint density at radius 1 is 1.21 bits per heavy atom. The monoisotopic (exact) mass is 408 g/mol. The zero-order valence-corrected chi connectivity index (χ0v) is 15.8. The molecule has 0 N–H and O–H groups in total. The Kier molecular flexibility index (Phi) is 4.61. The summed E-state index contributed by atoms with van der Waals surface area (Å²) in [6, 6.07) is 12.9. The third kappa shape index (κ3) is 3.48. The quantitative estimate of drug-likeness (QED) is 0.220. The third-order valence-corrected chi connectivity index (χ3v) is 4.94. The normalized spacial score (nSPS) is 11.7. The number of benzene rings is 2. The number of nitro benzene ring substituents is 1. The highest BCUT2D eigenvalue weighted by molar-refractivity contribution is 7.15. The second-order valence-corrected chi connectivity index (χ2v) is 6.96. The van der Waals surface area contributed by atoms with E-state index in [0.29, 0.717) is 16.1 Å². The lowest BCUT2D eigenvalue weighted by molar-refractivity contribution is -0.385. The van der Waals surface area contributed by atoms with Gasteiger partial charge in [-0.3, -0.25) is 19.7 Å². The maximum Gasteiger partial charge on any atom is 0.308 e. The maximum atomic E-state index is 12.7. The van der Waals surface area contributed by atoms with Gasteiger partial charge in [0.05, 0.1) is 20.6 Å². The number of carbonyl (C=O) groups is 1. The molecule has 0 aliphatic carbocycles. The van der Waals surface area contributed by atoms with Gasteiger partial charge in [0, 0.05) is 13.0 Å². The standard InChI is InChI=1S/C19H12N4O5S/c1-11(24)28-15-9-5-3-7-13(15)17-20-19-22(21-17)18(25)16(29-19)10-12-6-2-4-8-14(12)23(26)27/h2-10H,1H3. The lowest BCUT2D eigenvalue weighted by Crippen LogP contribution is -2.23. The summed E-state index contributed by atoms with van der Waals surface area (Å²) in [6.07, 6.45) is 1.45. The molecule has 29 heavy (non-hydrogen) atoms. The van der Waals surface area contributed by atoms with Gasteiger partial charge in [0.2, 0.25) is 4.96 Å². The number of hydrogen-bond acceptors (Lipinski definition) is 8. The lowest BCUT2D eigenvalue weighted by Gasteiger charge is -2.04. The SMILES string of the molecule is CC(=O)Oc1ccccc1-c1nc2sc(=Cc3ccccc3[N+](=O)[O-])c(=O)n2n1. The van der Waals surface area contributed by atoms with Crippen LogP contribution in [0, 0.1) is 10.1 Å². The third-order valence-electron chi connectivity index (χ3n) is 3.98. The number of hydrogen-bond donors (Lipinski definition) is 0. The van der Waals surface area contributed by atoms with E-state index in [2.05, 4.69) is 10.1 Å². The van der Waals surface area contributed by atoms with Crippen LogP contribution in [-0.4, -0.2) is 25.5 Å². The zero-order valence-electron chi connectivity index (χ0n) is 14.9. The van der Waals surface area contributed by atoms with Gasteiger partial charge in [0.1, 0.15) is 5.75 Å². The van der Waals surface area contributed by atoms with Crippen molar-refractivity contribution >= 4 is 34.0 Å². The van der Waals surface area contributed by atoms with E-state index >= 15 is 0 Å². The van der Waals surface area contributed by atoms with Crippen molar-refractivity contribution in [2.45, 2.75) is 6.92 Å². The first-order chi connectivity index (χ1) is 13.9. The molecule has 0 unspecified atom stereocenters. The van der Waals surface area contributed by atoms with Crippen LogP contribution in [0.2, 0.25) is 0 Å². The second-order valence-electron chi connectivity index (χ2n) is 5.95. The number of aromatic nitrogens is 3. The van der Waals surface area contributed by atoms with Gasteiger partial charge in [-0.2, -0.15) is 9.50 Å². The van der Waals surface area contributed by atoms with Crippen LogP contribution >= 0.6 is 11.3 Å². The molecule has 2 aromatic heterocycles. The second kappa shape index (κ2) is 7.24. The minimum atomic E-state index is -0.503. The van der Waals surface area contributed by atoms with E-state index in [1.54, 1.807) is 42.5 Å². The molecule has 4 aromatic rings. The van der Waals surface area contributed by atoms with Crippen LogP contribution in [0.5, 0.6) is 5.75 Å². The molecule has 0 aliphatic rings. The predicted octanol–water partition coefficient (Wildman–Crippen LogP) is 2.20. The summed E-state index contributed by atoms with van der Waals surface area (Å²) in [5.74, 6) is 0.0455. The maximum absolute atomic E-state index is 12.7. The largest absolute Gasteiger partial charge is 0.426 e. The van der Waals surface area contributed by atoms with Crippen LogP contribution in [-0.2, 0) is 4.79 Å². The molecule has 0 spiro atoms. The van der Waals surface area contributed by atoms with Crippen molar-refractivity contribution in [3.05, 3.63) is 79.1 Å². The molecule has 2 aromatic carbocycles. The van der Waals surface area contributed by atoms with Gasteiger partial charge in [-0.1, -0.05) is 35.6 Å². The molecule has 144 valence electrons. The Hall–Kier alpha value is -3.92. The highest BCUT2D eigenvalue weighted by Gasteiger charge is 2.17. The van der Waals surface area contributed by atoms with E-state index in [9.17, 15) is 19.7 Å². The number of nitro groups is 1. The highest BCUT2D eigenvalue weighted by Crippen LogP contribution is 2.28. The average Bonchev–Trinajstić information content (AvgIpc) is 3.22. The molecule has 2 heterocycles. The number of ether oxygens (including phenoxy) is 1. The van der Waals surface area contributed by atoms with Gasteiger partial charge < -0.3 is 4.74 Å². The number of esters is 1. The molecule has 0 amide bonds. The van der Waals surface area contributed by atoms with Crippen molar-refractivity contribution in [1.29, 1.82) is 0 Å². The molecule has 4 rings (SSSR count). The fourth-order valence-electron chi connectivity index (χ4n) is 2.76. The molecule has 0 saturated heterocycles. The summed E-state index contributed by atoms with van der Waals surface area (Å²) in [5, 5.41) is 15.4. The van der Waals surface area contributed by atoms with E-state index in [-0.39, 0.29) is 21.8 Å². The topological polar surface area (TPSA) is 117 Å². The van der Waals surface area contributed by atoms with Gasteiger partial charge in [-0.25, -0.2) is 0 Å². The van der Waals surface area contributed by atoms with Crippen molar-refractivity contribution in [1.82, 2.24) is 14.6 Å². The van der Waals surface area contributed by atoms with Gasteiger partial charge in [-0.05, 0) is 24.3 Å². The minimum absolute atomic E-state index is 0.0955. The van der Waals surface area contributed by atoms with Crippen LogP contribution in [0.4, 0.5) is 5.69 Å². The molecule has 0 fully saturated rings. The molecule has 10 heteroatoms. The van der Waals surface area contributed by atoms with Crippen LogP contribution in [0.1, 0.15) is 12.5 Å². The van der Waals surface area contributed by atoms with Crippen molar-refractivity contribution < 1.29 is 14.5 Å². The van der Waals surface area contributed by atoms with Gasteiger partial charge in [-0.15, -0.1) is 5.10 Å². The molecule has 0 aliphatic heterocycles. The molecule has 0 saturated carbocycles. The summed E-state index contributed by atoms with van der Waals surface area (Å²) in [5.41, 5.74) is 0.260. The first-order valence-corrected chi connectivity index (χ1v) is 9.18. The van der Waals surface area contributed by atoms with E-state index in [1.807, 2.05) is 0 Å². The zero-order chi connectivity index (χ0) is 20.5. The number of fused-ring (bicyclic) bond motifs is 1. The first-order valence-electron chi connectivity index (χ1n) is 8.36. The smallest absolute Gasteiger partial charge is 0.308 e. The lowest BCUT2D eigenvalue weighted by atomic mass is 10.2. The van der Waals surface area contributed by atoms with Crippen LogP contribution in [0.15, 0.2) is 53.3 Å². The Morgan fingerprint density at radius 2 is 1.93 bits per heavy atom. The minimum Gasteiger partial charge on any atom is -0.426 e. The summed E-state index contributed by atoms with van der Waals surface area (Å²) in [6.45, 7) is 1.29. The highest BCUT2D eigenvalue weighted by atomic mass is 32.1. The Balaban J connectivity index is 1.82. The van der Waals surface area contributed by atoms with Crippen molar-refractivity contribution in [3.8, 4) is 17.1 Å². The molecule has 0 radical (unpaired) electrons. The summed E-state index contributed by atoms with van der Waals surface area (Å²) < 4.78 is 6.57. The number of rotatable bonds is 4. The van der Waals surface area contributed by atoms with Crippen molar-refractivity contribution in [3.63, 3.8) is 0 Å². The fraction of sp³-hybridized carbons (Fsp3) is 0.0526. The van der Waals surface area contributed by atoms with Gasteiger partial charge >= 0.3 is 5.97 Å². The van der Waals surface area contributed by atoms with Crippen molar-refractivity contribution in [2.75, 3.05) is 0 Å². The summed E-state index contributed by atoms with van der Waals surface area (Å²) in [4.78, 5) is 39.4. The van der Waals surface area contributed by atoms with Crippen LogP contribution < -0.4 is 14.8 Å². The Labute approximate surface area is 166 Å². The Bertz CT molecular complexity index is 1380. The molecule has 0 atom stereocenters. The van der Waals surface area contributed by atoms with Gasteiger partial charge in [0.25, 0.3) is 11.2 Å². The average molecular weight is 408 g/mol. The number of carbonyl (C=O) groups excluding carboxylic acids is 1. The fourth-order valence-corrected chi connectivity index (χ4v) is 3.66. The van der Waals surface area contributed by atoms with E-state index < -0.39 is 16.5 Å². The van der Waals surface area contributed by atoms with Gasteiger partial charge in [0.15, 0.2) is 5.82 Å². The summed E-state index contributed by atoms with van der Waals surface area (Å²) >= 11 is 1.07. The number of para-hydroxylation sites is 2. The van der Waals surface area contributed by atoms with E-state index in [0.717, 1.165) is 15.9 Å². The van der Waals surface area contributed by atoms with Crippen LogP contribution in [0.3, 0.4) is 0 Å². The predicted molar refractivity (Wildman–Crippen MR) is 106 cm³/mol. The Morgan fingerprint density at radius 3 is 2.66 bits per heavy atom. The molecule has 0 bridgehead atoms. The van der Waals surface area contributed by atoms with E-state index in [1.165, 1.54) is 19.1 Å². The van der Waals surface area contributed by atoms with Crippen LogP contribution in [0.25, 0.3) is 22.4 Å². The number of nitrogens with zero attached hydrogens (tertiary/aromatic N) is 4. The first kappa shape index (κ1) is 18.4. The summed E-state index contributed by atoms with van der Waals surface area (Å²) in [7, 11) is 0. The molecular weight excluding hydrogens is 396 g/mol. The molecular formula is C19H12N4O5S. The van der Waals surface area contributed by atoms with Crippen molar-refractivity contribution in [2.24, 2.45) is 0 Å². The molecule has 9 nitrogen and oxygen atoms in total. The van der Waals surface area contributed by atoms with E-state index in [4.69, 9.17) is 4.74 Å².